The summed E-state index contributed by atoms with van der Waals surface area (Å²) in [6.45, 7) is 3.88. The van der Waals surface area contributed by atoms with Crippen molar-refractivity contribution in [3.05, 3.63) is 35.6 Å². The van der Waals surface area contributed by atoms with Gasteiger partial charge in [0.1, 0.15) is 5.82 Å². The van der Waals surface area contributed by atoms with Crippen LogP contribution in [-0.4, -0.2) is 30.1 Å². The second-order valence-corrected chi connectivity index (χ2v) is 6.07. The van der Waals surface area contributed by atoms with Crippen LogP contribution in [0.25, 0.3) is 0 Å². The molecule has 1 saturated carbocycles. The minimum absolute atomic E-state index is 0.0706. The SMILES string of the molecule is Fc1ccccc1CN1CCNC2(CCCCC2)C1. The maximum absolute atomic E-state index is 13.7. The Morgan fingerprint density at radius 1 is 1.16 bits per heavy atom. The van der Waals surface area contributed by atoms with Crippen molar-refractivity contribution in [2.75, 3.05) is 19.6 Å². The predicted octanol–water partition coefficient (Wildman–Crippen LogP) is 2.93. The normalized spacial score (nSPS) is 23.6. The average Bonchev–Trinajstić information content (AvgIpc) is 2.42. The maximum atomic E-state index is 13.7. The molecule has 1 spiro atoms. The van der Waals surface area contributed by atoms with Crippen LogP contribution in [0, 0.1) is 5.82 Å². The van der Waals surface area contributed by atoms with Crippen LogP contribution < -0.4 is 5.32 Å². The predicted molar refractivity (Wildman–Crippen MR) is 75.5 cm³/mol. The van der Waals surface area contributed by atoms with Crippen LogP contribution in [0.1, 0.15) is 37.7 Å². The molecule has 1 aromatic carbocycles. The van der Waals surface area contributed by atoms with Crippen molar-refractivity contribution in [1.29, 1.82) is 0 Å². The molecule has 3 rings (SSSR count). The molecule has 0 amide bonds. The quantitative estimate of drug-likeness (QED) is 0.881. The van der Waals surface area contributed by atoms with Crippen LogP contribution in [0.5, 0.6) is 0 Å². The summed E-state index contributed by atoms with van der Waals surface area (Å²) in [5.41, 5.74) is 1.14. The van der Waals surface area contributed by atoms with E-state index in [9.17, 15) is 4.39 Å². The Kier molecular flexibility index (Phi) is 3.85. The zero-order valence-corrected chi connectivity index (χ0v) is 11.5. The molecule has 0 bridgehead atoms. The third-order valence-electron chi connectivity index (χ3n) is 4.62. The molecule has 3 heteroatoms. The van der Waals surface area contributed by atoms with Crippen molar-refractivity contribution in [3.63, 3.8) is 0 Å². The Balaban J connectivity index is 1.67. The summed E-state index contributed by atoms with van der Waals surface area (Å²) in [5.74, 6) is -0.0706. The lowest BCUT2D eigenvalue weighted by Gasteiger charge is -2.46. The van der Waals surface area contributed by atoms with Gasteiger partial charge in [0.2, 0.25) is 0 Å². The van der Waals surface area contributed by atoms with Crippen LogP contribution in [0.15, 0.2) is 24.3 Å². The Bertz CT molecular complexity index is 421. The van der Waals surface area contributed by atoms with Gasteiger partial charge in [-0.15, -0.1) is 0 Å². The van der Waals surface area contributed by atoms with Gasteiger partial charge in [-0.05, 0) is 18.9 Å². The highest BCUT2D eigenvalue weighted by molar-refractivity contribution is 5.17. The van der Waals surface area contributed by atoms with E-state index in [4.69, 9.17) is 0 Å². The van der Waals surface area contributed by atoms with Gasteiger partial charge in [0.25, 0.3) is 0 Å². The zero-order chi connectivity index (χ0) is 13.1. The number of halogens is 1. The van der Waals surface area contributed by atoms with Crippen LogP contribution in [0.4, 0.5) is 4.39 Å². The molecule has 0 radical (unpaired) electrons. The molecule has 2 fully saturated rings. The van der Waals surface area contributed by atoms with Gasteiger partial charge in [-0.3, -0.25) is 4.90 Å². The van der Waals surface area contributed by atoms with E-state index in [1.54, 1.807) is 12.1 Å². The first kappa shape index (κ1) is 13.1. The number of hydrogen-bond donors (Lipinski definition) is 1. The monoisotopic (exact) mass is 262 g/mol. The molecule has 0 atom stereocenters. The highest BCUT2D eigenvalue weighted by Gasteiger charge is 2.35. The molecule has 1 aliphatic heterocycles. The van der Waals surface area contributed by atoms with Gasteiger partial charge in [-0.1, -0.05) is 37.5 Å². The molecule has 1 saturated heterocycles. The lowest BCUT2D eigenvalue weighted by Crippen LogP contribution is -2.60. The third kappa shape index (κ3) is 2.98. The molecule has 1 heterocycles. The second kappa shape index (κ2) is 5.59. The second-order valence-electron chi connectivity index (χ2n) is 6.07. The van der Waals surface area contributed by atoms with E-state index in [2.05, 4.69) is 10.2 Å². The average molecular weight is 262 g/mol. The highest BCUT2D eigenvalue weighted by Crippen LogP contribution is 2.31. The summed E-state index contributed by atoms with van der Waals surface area (Å²) in [6.07, 6.45) is 6.60. The van der Waals surface area contributed by atoms with Crippen LogP contribution in [0.2, 0.25) is 0 Å². The smallest absolute Gasteiger partial charge is 0.127 e. The van der Waals surface area contributed by atoms with E-state index in [1.807, 2.05) is 12.1 Å². The summed E-state index contributed by atoms with van der Waals surface area (Å²) < 4.78 is 13.7. The zero-order valence-electron chi connectivity index (χ0n) is 11.5. The Morgan fingerprint density at radius 3 is 2.74 bits per heavy atom. The van der Waals surface area contributed by atoms with Crippen molar-refractivity contribution >= 4 is 0 Å². The molecule has 2 nitrogen and oxygen atoms in total. The lowest BCUT2D eigenvalue weighted by atomic mass is 9.80. The molecule has 1 aliphatic carbocycles. The first-order valence-electron chi connectivity index (χ1n) is 7.48. The summed E-state index contributed by atoms with van der Waals surface area (Å²) in [4.78, 5) is 2.42. The van der Waals surface area contributed by atoms with Crippen molar-refractivity contribution in [1.82, 2.24) is 10.2 Å². The molecule has 1 N–H and O–H groups in total. The van der Waals surface area contributed by atoms with Crippen molar-refractivity contribution in [2.45, 2.75) is 44.2 Å². The van der Waals surface area contributed by atoms with Crippen LogP contribution in [0.3, 0.4) is 0 Å². The van der Waals surface area contributed by atoms with Crippen LogP contribution in [-0.2, 0) is 6.54 Å². The van der Waals surface area contributed by atoms with Crippen LogP contribution >= 0.6 is 0 Å². The number of hydrogen-bond acceptors (Lipinski definition) is 2. The summed E-state index contributed by atoms with van der Waals surface area (Å²) in [5, 5.41) is 3.73. The molecule has 19 heavy (non-hydrogen) atoms. The van der Waals surface area contributed by atoms with Gasteiger partial charge in [0.05, 0.1) is 0 Å². The van der Waals surface area contributed by atoms with Gasteiger partial charge >= 0.3 is 0 Å². The molecule has 0 aromatic heterocycles. The van der Waals surface area contributed by atoms with Crippen molar-refractivity contribution < 1.29 is 4.39 Å². The van der Waals surface area contributed by atoms with E-state index in [0.29, 0.717) is 5.54 Å². The van der Waals surface area contributed by atoms with Gasteiger partial charge in [0, 0.05) is 37.3 Å². The Morgan fingerprint density at radius 2 is 1.95 bits per heavy atom. The van der Waals surface area contributed by atoms with Gasteiger partial charge in [0.15, 0.2) is 0 Å². The molecular weight excluding hydrogens is 239 g/mol. The number of rotatable bonds is 2. The first-order chi connectivity index (χ1) is 9.27. The fraction of sp³-hybridized carbons (Fsp3) is 0.625. The highest BCUT2D eigenvalue weighted by atomic mass is 19.1. The number of nitrogens with zero attached hydrogens (tertiary/aromatic N) is 1. The Labute approximate surface area is 115 Å². The van der Waals surface area contributed by atoms with E-state index in [0.717, 1.165) is 31.7 Å². The van der Waals surface area contributed by atoms with Crippen molar-refractivity contribution in [2.24, 2.45) is 0 Å². The van der Waals surface area contributed by atoms with Gasteiger partial charge < -0.3 is 5.32 Å². The standard InChI is InChI=1S/C16H23FN2/c17-15-7-3-2-6-14(15)12-19-11-10-18-16(13-19)8-4-1-5-9-16/h2-3,6-7,18H,1,4-5,8-13H2. The third-order valence-corrected chi connectivity index (χ3v) is 4.62. The largest absolute Gasteiger partial charge is 0.309 e. The maximum Gasteiger partial charge on any atom is 0.127 e. The lowest BCUT2D eigenvalue weighted by molar-refractivity contribution is 0.0937. The van der Waals surface area contributed by atoms with Gasteiger partial charge in [-0.2, -0.15) is 0 Å². The fourth-order valence-electron chi connectivity index (χ4n) is 3.61. The number of nitrogens with one attached hydrogen (secondary N) is 1. The molecule has 2 aliphatic rings. The minimum Gasteiger partial charge on any atom is -0.309 e. The molecule has 104 valence electrons. The summed E-state index contributed by atoms with van der Waals surface area (Å²) in [7, 11) is 0. The summed E-state index contributed by atoms with van der Waals surface area (Å²) in [6, 6.07) is 7.16. The fourth-order valence-corrected chi connectivity index (χ4v) is 3.61. The minimum atomic E-state index is -0.0706. The van der Waals surface area contributed by atoms with Crippen molar-refractivity contribution in [3.8, 4) is 0 Å². The molecular formula is C16H23FN2. The van der Waals surface area contributed by atoms with E-state index >= 15 is 0 Å². The molecule has 1 aromatic rings. The topological polar surface area (TPSA) is 15.3 Å². The van der Waals surface area contributed by atoms with E-state index in [1.165, 1.54) is 32.1 Å². The number of benzene rings is 1. The van der Waals surface area contributed by atoms with Gasteiger partial charge in [-0.25, -0.2) is 4.39 Å². The Hall–Kier alpha value is -0.930. The molecule has 0 unspecified atom stereocenters. The summed E-state index contributed by atoms with van der Waals surface area (Å²) >= 11 is 0. The van der Waals surface area contributed by atoms with E-state index in [-0.39, 0.29) is 5.82 Å². The number of piperazine rings is 1. The first-order valence-corrected chi connectivity index (χ1v) is 7.48. The van der Waals surface area contributed by atoms with E-state index < -0.39 is 0 Å².